The molecule has 0 saturated carbocycles. The number of hydrogen-bond acceptors (Lipinski definition) is 4. The van der Waals surface area contributed by atoms with Gasteiger partial charge in [-0.3, -0.25) is 9.59 Å². The molecule has 3 aromatic carbocycles. The van der Waals surface area contributed by atoms with E-state index in [-0.39, 0.29) is 25.0 Å². The molecule has 0 aliphatic heterocycles. The Balaban J connectivity index is 1.94. The van der Waals surface area contributed by atoms with Crippen LogP contribution in [0.15, 0.2) is 72.8 Å². The Morgan fingerprint density at radius 3 is 2.22 bits per heavy atom. The summed E-state index contributed by atoms with van der Waals surface area (Å²) in [7, 11) is 1.61. The molecule has 0 aliphatic carbocycles. The van der Waals surface area contributed by atoms with Crippen molar-refractivity contribution >= 4 is 11.8 Å². The molecule has 0 bridgehead atoms. The van der Waals surface area contributed by atoms with Crippen molar-refractivity contribution in [3.8, 4) is 11.5 Å². The quantitative estimate of drug-likeness (QED) is 0.411. The van der Waals surface area contributed by atoms with Gasteiger partial charge in [-0.2, -0.15) is 0 Å². The number of ether oxygens (including phenoxy) is 2. The molecule has 3 rings (SSSR count). The monoisotopic (exact) mass is 502 g/mol. The second-order valence-electron chi connectivity index (χ2n) is 10.4. The molecule has 0 heterocycles. The summed E-state index contributed by atoms with van der Waals surface area (Å²) in [5.41, 5.74) is 3.62. The minimum Gasteiger partial charge on any atom is -0.497 e. The van der Waals surface area contributed by atoms with Crippen molar-refractivity contribution in [3.63, 3.8) is 0 Å². The summed E-state index contributed by atoms with van der Waals surface area (Å²) < 4.78 is 11.3. The van der Waals surface area contributed by atoms with Crippen molar-refractivity contribution in [2.24, 2.45) is 0 Å². The van der Waals surface area contributed by atoms with Gasteiger partial charge < -0.3 is 19.7 Å². The number of amides is 2. The Labute approximate surface area is 220 Å². The predicted octanol–water partition coefficient (Wildman–Crippen LogP) is 5.25. The number of carbonyl (C=O) groups is 2. The third-order valence-electron chi connectivity index (χ3n) is 6.10. The molecule has 0 unspecified atom stereocenters. The third-order valence-corrected chi connectivity index (χ3v) is 6.10. The molecule has 6 heteroatoms. The number of hydrogen-bond donors (Lipinski definition) is 1. The second kappa shape index (κ2) is 12.4. The van der Waals surface area contributed by atoms with E-state index in [9.17, 15) is 9.59 Å². The Morgan fingerprint density at radius 2 is 1.57 bits per heavy atom. The maximum absolute atomic E-state index is 13.7. The molecule has 6 nitrogen and oxygen atoms in total. The average Bonchev–Trinajstić information content (AvgIpc) is 2.86. The highest BCUT2D eigenvalue weighted by molar-refractivity contribution is 5.89. The van der Waals surface area contributed by atoms with Gasteiger partial charge in [-0.15, -0.1) is 0 Å². The van der Waals surface area contributed by atoms with Crippen molar-refractivity contribution in [3.05, 3.63) is 95.1 Å². The minimum absolute atomic E-state index is 0.180. The second-order valence-corrected chi connectivity index (χ2v) is 10.4. The van der Waals surface area contributed by atoms with Crippen LogP contribution in [0.5, 0.6) is 11.5 Å². The van der Waals surface area contributed by atoms with Crippen LogP contribution >= 0.6 is 0 Å². The highest BCUT2D eigenvalue weighted by atomic mass is 16.5. The summed E-state index contributed by atoms with van der Waals surface area (Å²) in [5.74, 6) is 0.830. The van der Waals surface area contributed by atoms with Gasteiger partial charge in [0.1, 0.15) is 17.5 Å². The Bertz CT molecular complexity index is 1200. The summed E-state index contributed by atoms with van der Waals surface area (Å²) in [4.78, 5) is 28.9. The van der Waals surface area contributed by atoms with E-state index in [0.29, 0.717) is 17.9 Å². The number of methoxy groups -OCH3 is 1. The van der Waals surface area contributed by atoms with Crippen molar-refractivity contribution < 1.29 is 19.1 Å². The lowest BCUT2D eigenvalue weighted by Gasteiger charge is -2.33. The summed E-state index contributed by atoms with van der Waals surface area (Å²) in [6.45, 7) is 9.89. The lowest BCUT2D eigenvalue weighted by Crippen LogP contribution is -2.55. The highest BCUT2D eigenvalue weighted by Crippen LogP contribution is 2.20. The molecule has 1 N–H and O–H groups in total. The fourth-order valence-corrected chi connectivity index (χ4v) is 4.01. The standard InChI is InChI=1S/C31H38N2O4/c1-22-15-16-27(17-23(22)2)37-21-29(34)33(20-25-13-10-14-26(18-25)36-6)28(30(35)32-31(3,4)5)19-24-11-8-7-9-12-24/h7-18,28H,19-21H2,1-6H3,(H,32,35)/t28-/m0/s1. The van der Waals surface area contributed by atoms with E-state index in [1.54, 1.807) is 12.0 Å². The smallest absolute Gasteiger partial charge is 0.261 e. The van der Waals surface area contributed by atoms with E-state index in [4.69, 9.17) is 9.47 Å². The van der Waals surface area contributed by atoms with Crippen molar-refractivity contribution in [1.29, 1.82) is 0 Å². The van der Waals surface area contributed by atoms with Gasteiger partial charge in [-0.25, -0.2) is 0 Å². The lowest BCUT2D eigenvalue weighted by atomic mass is 10.0. The fraction of sp³-hybridized carbons (Fsp3) is 0.355. The van der Waals surface area contributed by atoms with Gasteiger partial charge >= 0.3 is 0 Å². The van der Waals surface area contributed by atoms with Gasteiger partial charge in [0.25, 0.3) is 5.91 Å². The van der Waals surface area contributed by atoms with E-state index >= 15 is 0 Å². The zero-order valence-electron chi connectivity index (χ0n) is 22.7. The topological polar surface area (TPSA) is 67.9 Å². The Kier molecular flexibility index (Phi) is 9.34. The molecule has 0 saturated heterocycles. The molecule has 0 fully saturated rings. The highest BCUT2D eigenvalue weighted by Gasteiger charge is 2.32. The van der Waals surface area contributed by atoms with Gasteiger partial charge in [-0.05, 0) is 81.1 Å². The van der Waals surface area contributed by atoms with Crippen molar-refractivity contribution in [2.75, 3.05) is 13.7 Å². The fourth-order valence-electron chi connectivity index (χ4n) is 4.01. The van der Waals surface area contributed by atoms with Crippen LogP contribution in [-0.4, -0.2) is 42.0 Å². The van der Waals surface area contributed by atoms with E-state index in [1.807, 2.05) is 107 Å². The third kappa shape index (κ3) is 8.38. The van der Waals surface area contributed by atoms with Crippen LogP contribution in [0.4, 0.5) is 0 Å². The van der Waals surface area contributed by atoms with E-state index < -0.39 is 11.6 Å². The number of aryl methyl sites for hydroxylation is 2. The van der Waals surface area contributed by atoms with Gasteiger partial charge in [-0.1, -0.05) is 48.5 Å². The SMILES string of the molecule is COc1cccc(CN(C(=O)COc2ccc(C)c(C)c2)[C@@H](Cc2ccccc2)C(=O)NC(C)(C)C)c1. The lowest BCUT2D eigenvalue weighted by molar-refractivity contribution is -0.143. The first kappa shape index (κ1) is 27.8. The van der Waals surface area contributed by atoms with Crippen LogP contribution < -0.4 is 14.8 Å². The number of carbonyl (C=O) groups excluding carboxylic acids is 2. The summed E-state index contributed by atoms with van der Waals surface area (Å²) in [6, 6.07) is 22.3. The molecule has 196 valence electrons. The first-order valence-corrected chi connectivity index (χ1v) is 12.5. The van der Waals surface area contributed by atoms with Crippen LogP contribution in [0.3, 0.4) is 0 Å². The zero-order valence-corrected chi connectivity index (χ0v) is 22.7. The van der Waals surface area contributed by atoms with Crippen LogP contribution in [0, 0.1) is 13.8 Å². The van der Waals surface area contributed by atoms with Crippen LogP contribution in [0.1, 0.15) is 43.0 Å². The molecule has 3 aromatic rings. The van der Waals surface area contributed by atoms with Crippen LogP contribution in [-0.2, 0) is 22.6 Å². The maximum atomic E-state index is 13.7. The summed E-state index contributed by atoms with van der Waals surface area (Å²) >= 11 is 0. The molecule has 0 spiro atoms. The molecule has 1 atom stereocenters. The van der Waals surface area contributed by atoms with E-state index in [2.05, 4.69) is 5.32 Å². The Hall–Kier alpha value is -3.80. The number of nitrogens with one attached hydrogen (secondary N) is 1. The van der Waals surface area contributed by atoms with Gasteiger partial charge in [0.05, 0.1) is 7.11 Å². The van der Waals surface area contributed by atoms with E-state index in [1.165, 1.54) is 0 Å². The molecule has 37 heavy (non-hydrogen) atoms. The number of rotatable bonds is 10. The van der Waals surface area contributed by atoms with Crippen LogP contribution in [0.2, 0.25) is 0 Å². The van der Waals surface area contributed by atoms with Crippen molar-refractivity contribution in [1.82, 2.24) is 10.2 Å². The predicted molar refractivity (Wildman–Crippen MR) is 147 cm³/mol. The molecule has 0 aliphatic rings. The first-order valence-electron chi connectivity index (χ1n) is 12.5. The summed E-state index contributed by atoms with van der Waals surface area (Å²) in [6.07, 6.45) is 0.377. The zero-order chi connectivity index (χ0) is 27.0. The van der Waals surface area contributed by atoms with Gasteiger partial charge in [0.2, 0.25) is 5.91 Å². The van der Waals surface area contributed by atoms with Gasteiger partial charge in [0, 0.05) is 18.5 Å². The summed E-state index contributed by atoms with van der Waals surface area (Å²) in [5, 5.41) is 3.07. The largest absolute Gasteiger partial charge is 0.497 e. The average molecular weight is 503 g/mol. The minimum atomic E-state index is -0.733. The van der Waals surface area contributed by atoms with E-state index in [0.717, 1.165) is 22.3 Å². The maximum Gasteiger partial charge on any atom is 0.261 e. The number of nitrogens with zero attached hydrogens (tertiary/aromatic N) is 1. The molecular formula is C31H38N2O4. The normalized spacial score (nSPS) is 11.9. The van der Waals surface area contributed by atoms with Crippen molar-refractivity contribution in [2.45, 2.75) is 59.2 Å². The molecule has 2 amide bonds. The molecule has 0 aromatic heterocycles. The number of benzene rings is 3. The first-order chi connectivity index (χ1) is 17.6. The van der Waals surface area contributed by atoms with Crippen LogP contribution in [0.25, 0.3) is 0 Å². The van der Waals surface area contributed by atoms with Gasteiger partial charge in [0.15, 0.2) is 6.61 Å². The molecular weight excluding hydrogens is 464 g/mol. The Morgan fingerprint density at radius 1 is 0.865 bits per heavy atom. The molecule has 0 radical (unpaired) electrons.